The van der Waals surface area contributed by atoms with Gasteiger partial charge in [-0.2, -0.15) is 0 Å². The van der Waals surface area contributed by atoms with Crippen molar-refractivity contribution in [3.8, 4) is 16.9 Å². The number of carbonyl (C=O) groups is 1. The van der Waals surface area contributed by atoms with Gasteiger partial charge in [-0.1, -0.05) is 6.07 Å². The summed E-state index contributed by atoms with van der Waals surface area (Å²) in [5.74, 6) is 0.292. The van der Waals surface area contributed by atoms with E-state index in [0.29, 0.717) is 30.0 Å². The van der Waals surface area contributed by atoms with Crippen LogP contribution in [0.2, 0.25) is 0 Å². The third-order valence-corrected chi connectivity index (χ3v) is 5.55. The maximum Gasteiger partial charge on any atom is 0.487 e. The standard InChI is InChI=1S/C24H19ClF2N4O3/c1-14-12-33-13-21-30-20-10-16(9-19(22(20)31(14)21)15-3-2-8-28-11-15)23(32)29-17-4-6-18(7-5-17)34-24(25,26)27/h2-11,14H,12-13H2,1H3,(H,29,32)/t14-/m1/s1. The van der Waals surface area contributed by atoms with E-state index in [9.17, 15) is 13.6 Å². The highest BCUT2D eigenvalue weighted by atomic mass is 35.5. The predicted octanol–water partition coefficient (Wildman–Crippen LogP) is 5.61. The molecule has 2 aromatic carbocycles. The second kappa shape index (κ2) is 8.66. The molecule has 10 heteroatoms. The van der Waals surface area contributed by atoms with Crippen LogP contribution in [0.1, 0.15) is 29.1 Å². The Morgan fingerprint density at radius 1 is 1.26 bits per heavy atom. The van der Waals surface area contributed by atoms with Crippen molar-refractivity contribution in [1.29, 1.82) is 0 Å². The van der Waals surface area contributed by atoms with Crippen LogP contribution in [0.5, 0.6) is 5.75 Å². The molecule has 0 radical (unpaired) electrons. The number of hydrogen-bond acceptors (Lipinski definition) is 5. The van der Waals surface area contributed by atoms with Gasteiger partial charge in [0, 0.05) is 46.4 Å². The molecule has 0 bridgehead atoms. The van der Waals surface area contributed by atoms with Crippen LogP contribution in [-0.2, 0) is 11.3 Å². The molecule has 3 heterocycles. The maximum absolute atomic E-state index is 13.1. The molecule has 0 saturated heterocycles. The molecule has 0 aliphatic carbocycles. The van der Waals surface area contributed by atoms with Gasteiger partial charge in [0.05, 0.1) is 23.7 Å². The molecule has 1 amide bonds. The van der Waals surface area contributed by atoms with Crippen LogP contribution in [0.3, 0.4) is 0 Å². The zero-order valence-electron chi connectivity index (χ0n) is 18.0. The van der Waals surface area contributed by atoms with E-state index in [1.807, 2.05) is 12.1 Å². The van der Waals surface area contributed by atoms with Crippen molar-refractivity contribution >= 4 is 34.2 Å². The highest BCUT2D eigenvalue weighted by molar-refractivity contribution is 6.20. The van der Waals surface area contributed by atoms with Crippen molar-refractivity contribution in [3.63, 3.8) is 0 Å². The Balaban J connectivity index is 1.52. The summed E-state index contributed by atoms with van der Waals surface area (Å²) in [5.41, 5.74) is 0.261. The number of fused-ring (bicyclic) bond motifs is 3. The van der Waals surface area contributed by atoms with E-state index in [0.717, 1.165) is 22.5 Å². The predicted molar refractivity (Wildman–Crippen MR) is 123 cm³/mol. The molecule has 0 spiro atoms. The molecule has 5 rings (SSSR count). The number of nitrogens with zero attached hydrogens (tertiary/aromatic N) is 3. The van der Waals surface area contributed by atoms with Crippen molar-refractivity contribution in [2.45, 2.75) is 25.1 Å². The summed E-state index contributed by atoms with van der Waals surface area (Å²) in [6.45, 7) is 3.02. The Hall–Kier alpha value is -3.56. The molecule has 0 saturated carbocycles. The van der Waals surface area contributed by atoms with Gasteiger partial charge >= 0.3 is 5.57 Å². The van der Waals surface area contributed by atoms with Crippen LogP contribution in [0.15, 0.2) is 60.9 Å². The lowest BCUT2D eigenvalue weighted by Gasteiger charge is -2.23. The van der Waals surface area contributed by atoms with Crippen LogP contribution in [-0.4, -0.2) is 32.6 Å². The van der Waals surface area contributed by atoms with E-state index in [4.69, 9.17) is 21.3 Å². The van der Waals surface area contributed by atoms with Crippen molar-refractivity contribution in [2.24, 2.45) is 0 Å². The lowest BCUT2D eigenvalue weighted by molar-refractivity contribution is -0.0964. The first kappa shape index (κ1) is 22.2. The van der Waals surface area contributed by atoms with Crippen LogP contribution in [0.4, 0.5) is 14.5 Å². The molecule has 1 N–H and O–H groups in total. The Labute approximate surface area is 198 Å². The number of ether oxygens (including phenoxy) is 2. The first-order valence-electron chi connectivity index (χ1n) is 10.5. The molecule has 0 fully saturated rings. The SMILES string of the molecule is C[C@@H]1COCc2nc3cc(C(=O)Nc4ccc(OC(F)(F)Cl)cc4)cc(-c4cccnc4)c3n21. The number of nitrogens with one attached hydrogen (secondary N) is 1. The molecule has 174 valence electrons. The highest BCUT2D eigenvalue weighted by Gasteiger charge is 2.28. The summed E-state index contributed by atoms with van der Waals surface area (Å²) >= 11 is 4.79. The smallest absolute Gasteiger partial charge is 0.420 e. The minimum absolute atomic E-state index is 0.0879. The van der Waals surface area contributed by atoms with Crippen molar-refractivity contribution < 1.29 is 23.0 Å². The second-order valence-electron chi connectivity index (χ2n) is 7.92. The summed E-state index contributed by atoms with van der Waals surface area (Å²) in [5, 5.41) is 2.77. The fourth-order valence-corrected chi connectivity index (χ4v) is 4.16. The molecular formula is C24H19ClF2N4O3. The average molecular weight is 485 g/mol. The van der Waals surface area contributed by atoms with Gasteiger partial charge in [-0.25, -0.2) is 4.98 Å². The zero-order valence-corrected chi connectivity index (χ0v) is 18.7. The van der Waals surface area contributed by atoms with Crippen molar-refractivity contribution in [3.05, 3.63) is 72.3 Å². The molecule has 34 heavy (non-hydrogen) atoms. The quantitative estimate of drug-likeness (QED) is 0.372. The van der Waals surface area contributed by atoms with E-state index in [2.05, 4.69) is 26.5 Å². The van der Waals surface area contributed by atoms with Crippen LogP contribution in [0.25, 0.3) is 22.2 Å². The van der Waals surface area contributed by atoms with Gasteiger partial charge in [-0.3, -0.25) is 9.78 Å². The Morgan fingerprint density at radius 2 is 2.06 bits per heavy atom. The normalized spacial score (nSPS) is 15.7. The fourth-order valence-electron chi connectivity index (χ4n) is 4.07. The fraction of sp³-hybridized carbons (Fsp3) is 0.208. The van der Waals surface area contributed by atoms with Crippen molar-refractivity contribution in [2.75, 3.05) is 11.9 Å². The number of amides is 1. The number of carbonyl (C=O) groups excluding carboxylic acids is 1. The topological polar surface area (TPSA) is 78.3 Å². The number of halogens is 3. The van der Waals surface area contributed by atoms with Crippen LogP contribution >= 0.6 is 11.6 Å². The van der Waals surface area contributed by atoms with E-state index in [-0.39, 0.29) is 17.7 Å². The number of benzene rings is 2. The number of hydrogen-bond donors (Lipinski definition) is 1. The molecule has 1 aliphatic rings. The summed E-state index contributed by atoms with van der Waals surface area (Å²) in [4.78, 5) is 22.1. The first-order valence-corrected chi connectivity index (χ1v) is 10.9. The van der Waals surface area contributed by atoms with Gasteiger partial charge in [0.2, 0.25) is 0 Å². The Kier molecular flexibility index (Phi) is 5.66. The third-order valence-electron chi connectivity index (χ3n) is 5.47. The molecule has 4 aromatic rings. The molecular weight excluding hydrogens is 466 g/mol. The minimum atomic E-state index is -3.81. The van der Waals surface area contributed by atoms with Gasteiger partial charge in [0.1, 0.15) is 18.2 Å². The monoisotopic (exact) mass is 484 g/mol. The van der Waals surface area contributed by atoms with E-state index in [1.165, 1.54) is 24.3 Å². The van der Waals surface area contributed by atoms with Gasteiger partial charge < -0.3 is 19.4 Å². The summed E-state index contributed by atoms with van der Waals surface area (Å²) in [7, 11) is 0. The number of imidazole rings is 1. The maximum atomic E-state index is 13.1. The third kappa shape index (κ3) is 4.44. The van der Waals surface area contributed by atoms with E-state index in [1.54, 1.807) is 24.5 Å². The second-order valence-corrected chi connectivity index (χ2v) is 8.36. The number of pyridine rings is 1. The molecule has 1 atom stereocenters. The van der Waals surface area contributed by atoms with E-state index < -0.39 is 5.57 Å². The minimum Gasteiger partial charge on any atom is -0.420 e. The number of aromatic nitrogens is 3. The molecule has 7 nitrogen and oxygen atoms in total. The summed E-state index contributed by atoms with van der Waals surface area (Å²) in [6, 6.07) is 12.9. The van der Waals surface area contributed by atoms with Crippen molar-refractivity contribution in [1.82, 2.24) is 14.5 Å². The molecule has 0 unspecified atom stereocenters. The van der Waals surface area contributed by atoms with Crippen LogP contribution < -0.4 is 10.1 Å². The Bertz CT molecular complexity index is 1350. The number of alkyl halides is 3. The zero-order chi connectivity index (χ0) is 23.9. The number of anilines is 1. The van der Waals surface area contributed by atoms with Gasteiger partial charge in [0.15, 0.2) is 0 Å². The van der Waals surface area contributed by atoms with Gasteiger partial charge in [0.25, 0.3) is 5.91 Å². The van der Waals surface area contributed by atoms with Gasteiger partial charge in [-0.05, 0) is 49.4 Å². The summed E-state index contributed by atoms with van der Waals surface area (Å²) in [6.07, 6.45) is 3.43. The highest BCUT2D eigenvalue weighted by Crippen LogP contribution is 2.35. The van der Waals surface area contributed by atoms with E-state index >= 15 is 0 Å². The Morgan fingerprint density at radius 3 is 2.76 bits per heavy atom. The number of rotatable bonds is 5. The summed E-state index contributed by atoms with van der Waals surface area (Å²) < 4.78 is 37.7. The first-order chi connectivity index (χ1) is 16.3. The lowest BCUT2D eigenvalue weighted by atomic mass is 10.0. The largest absolute Gasteiger partial charge is 0.487 e. The molecule has 2 aromatic heterocycles. The molecule has 1 aliphatic heterocycles. The average Bonchev–Trinajstić information content (AvgIpc) is 3.19. The lowest BCUT2D eigenvalue weighted by Crippen LogP contribution is -2.21. The van der Waals surface area contributed by atoms with Crippen LogP contribution in [0, 0.1) is 0 Å². The van der Waals surface area contributed by atoms with Gasteiger partial charge in [-0.15, -0.1) is 8.78 Å².